The molecule has 0 spiro atoms. The van der Waals surface area contributed by atoms with E-state index in [2.05, 4.69) is 13.2 Å². The van der Waals surface area contributed by atoms with Crippen LogP contribution in [0.5, 0.6) is 0 Å². The molecule has 0 N–H and O–H groups in total. The van der Waals surface area contributed by atoms with E-state index in [9.17, 15) is 4.79 Å². The van der Waals surface area contributed by atoms with Crippen molar-refractivity contribution >= 4 is 6.29 Å². The monoisotopic (exact) mass is 224 g/mol. The summed E-state index contributed by atoms with van der Waals surface area (Å²) in [5.74, 6) is 0. The molecule has 0 bridgehead atoms. The number of carbonyl (C=O) groups excluding carboxylic acids is 1. The molecule has 0 aliphatic carbocycles. The van der Waals surface area contributed by atoms with Gasteiger partial charge in [0.25, 0.3) is 0 Å². The zero-order chi connectivity index (χ0) is 13.8. The maximum absolute atomic E-state index is 10.7. The molecule has 0 aliphatic heterocycles. The molecule has 0 atom stereocenters. The highest BCUT2D eigenvalue weighted by Crippen LogP contribution is 2.28. The van der Waals surface area contributed by atoms with Gasteiger partial charge < -0.3 is 4.79 Å². The van der Waals surface area contributed by atoms with Crippen LogP contribution in [0.1, 0.15) is 48.5 Å². The van der Waals surface area contributed by atoms with Crippen LogP contribution in [-0.4, -0.2) is 6.29 Å². The first-order valence-corrected chi connectivity index (χ1v) is 5.91. The smallest absolute Gasteiger partial charge is 0.129 e. The molecule has 0 heterocycles. The molecule has 0 rings (SSSR count). The van der Waals surface area contributed by atoms with Gasteiger partial charge in [-0.3, -0.25) is 0 Å². The second-order valence-electron chi connectivity index (χ2n) is 3.44. The van der Waals surface area contributed by atoms with E-state index >= 15 is 0 Å². The highest BCUT2D eigenvalue weighted by molar-refractivity contribution is 5.66. The molecule has 0 aromatic heterocycles. The van der Waals surface area contributed by atoms with Crippen LogP contribution in [0.4, 0.5) is 0 Å². The predicted molar refractivity (Wildman–Crippen MR) is 75.6 cm³/mol. The molecular weight excluding hydrogens is 196 g/mol. The number of rotatable bonds is 4. The number of carbonyl (C=O) groups is 1. The fourth-order valence-electron chi connectivity index (χ4n) is 1.09. The molecule has 0 aliphatic rings. The van der Waals surface area contributed by atoms with Gasteiger partial charge in [-0.2, -0.15) is 0 Å². The van der Waals surface area contributed by atoms with Crippen molar-refractivity contribution in [2.45, 2.75) is 48.5 Å². The van der Waals surface area contributed by atoms with Gasteiger partial charge in [0.05, 0.1) is 0 Å². The lowest BCUT2D eigenvalue weighted by atomic mass is 9.82. The number of aldehydes is 1. The summed E-state index contributed by atoms with van der Waals surface area (Å²) in [5, 5.41) is 0. The maximum atomic E-state index is 10.7. The van der Waals surface area contributed by atoms with Crippen molar-refractivity contribution in [3.8, 4) is 0 Å². The SMILES string of the molecule is C=C/C=C(\C(=C)C)C(C)(C)C=O.CC.CC. The van der Waals surface area contributed by atoms with Gasteiger partial charge in [0.15, 0.2) is 0 Å². The second-order valence-corrected chi connectivity index (χ2v) is 3.44. The molecule has 16 heavy (non-hydrogen) atoms. The van der Waals surface area contributed by atoms with Gasteiger partial charge in [-0.25, -0.2) is 0 Å². The zero-order valence-corrected chi connectivity index (χ0v) is 12.1. The van der Waals surface area contributed by atoms with Gasteiger partial charge in [-0.1, -0.05) is 58.6 Å². The van der Waals surface area contributed by atoms with Crippen LogP contribution >= 0.6 is 0 Å². The van der Waals surface area contributed by atoms with Gasteiger partial charge in [-0.05, 0) is 26.3 Å². The quantitative estimate of drug-likeness (QED) is 0.487. The molecule has 0 amide bonds. The summed E-state index contributed by atoms with van der Waals surface area (Å²) in [6.07, 6.45) is 4.43. The first kappa shape index (κ1) is 20.3. The van der Waals surface area contributed by atoms with E-state index in [0.29, 0.717) is 0 Å². The van der Waals surface area contributed by atoms with Gasteiger partial charge in [-0.15, -0.1) is 0 Å². The normalized spacial score (nSPS) is 10.1. The fourth-order valence-corrected chi connectivity index (χ4v) is 1.09. The predicted octanol–water partition coefficient (Wildman–Crippen LogP) is 4.95. The average molecular weight is 224 g/mol. The molecular formula is C15H28O. The molecule has 94 valence electrons. The Bertz CT molecular complexity index is 232. The summed E-state index contributed by atoms with van der Waals surface area (Å²) >= 11 is 0. The summed E-state index contributed by atoms with van der Waals surface area (Å²) in [5.41, 5.74) is 1.39. The van der Waals surface area contributed by atoms with Crippen LogP contribution < -0.4 is 0 Å². The average Bonchev–Trinajstić information content (AvgIpc) is 2.30. The lowest BCUT2D eigenvalue weighted by Crippen LogP contribution is -2.16. The third kappa shape index (κ3) is 8.22. The zero-order valence-electron chi connectivity index (χ0n) is 12.1. The summed E-state index contributed by atoms with van der Waals surface area (Å²) in [6, 6.07) is 0. The number of allylic oxidation sites excluding steroid dienone is 4. The summed E-state index contributed by atoms with van der Waals surface area (Å²) < 4.78 is 0. The van der Waals surface area contributed by atoms with E-state index in [0.717, 1.165) is 17.4 Å². The highest BCUT2D eigenvalue weighted by atomic mass is 16.1. The van der Waals surface area contributed by atoms with Gasteiger partial charge in [0, 0.05) is 5.41 Å². The third-order valence-electron chi connectivity index (χ3n) is 1.73. The Balaban J connectivity index is -0.000000376. The molecule has 0 fully saturated rings. The Morgan fingerprint density at radius 3 is 1.69 bits per heavy atom. The number of hydrogen-bond acceptors (Lipinski definition) is 1. The molecule has 0 aromatic carbocycles. The lowest BCUT2D eigenvalue weighted by molar-refractivity contribution is -0.113. The Morgan fingerprint density at radius 1 is 1.12 bits per heavy atom. The van der Waals surface area contributed by atoms with Crippen molar-refractivity contribution in [1.29, 1.82) is 0 Å². The minimum Gasteiger partial charge on any atom is -0.302 e. The Morgan fingerprint density at radius 2 is 1.50 bits per heavy atom. The van der Waals surface area contributed by atoms with Crippen molar-refractivity contribution < 1.29 is 4.79 Å². The van der Waals surface area contributed by atoms with Crippen molar-refractivity contribution in [1.82, 2.24) is 0 Å². The molecule has 0 unspecified atom stereocenters. The largest absolute Gasteiger partial charge is 0.302 e. The molecule has 1 heteroatoms. The Labute approximate surface area is 102 Å². The van der Waals surface area contributed by atoms with Gasteiger partial charge in [0.1, 0.15) is 6.29 Å². The minimum atomic E-state index is -0.458. The summed E-state index contributed by atoms with van der Waals surface area (Å²) in [7, 11) is 0. The Kier molecular flexibility index (Phi) is 15.2. The van der Waals surface area contributed by atoms with Crippen LogP contribution in [-0.2, 0) is 4.79 Å². The molecule has 0 saturated carbocycles. The van der Waals surface area contributed by atoms with Crippen LogP contribution in [0, 0.1) is 5.41 Å². The van der Waals surface area contributed by atoms with Crippen LogP contribution in [0.2, 0.25) is 0 Å². The maximum Gasteiger partial charge on any atom is 0.129 e. The summed E-state index contributed by atoms with van der Waals surface area (Å²) in [6.45, 7) is 21.0. The second kappa shape index (κ2) is 12.0. The van der Waals surface area contributed by atoms with E-state index in [1.165, 1.54) is 0 Å². The van der Waals surface area contributed by atoms with Crippen LogP contribution in [0.3, 0.4) is 0 Å². The molecule has 0 radical (unpaired) electrons. The summed E-state index contributed by atoms with van der Waals surface area (Å²) in [4.78, 5) is 10.7. The first-order chi connectivity index (χ1) is 7.45. The van der Waals surface area contributed by atoms with E-state index < -0.39 is 5.41 Å². The van der Waals surface area contributed by atoms with E-state index in [1.807, 2.05) is 54.5 Å². The van der Waals surface area contributed by atoms with Crippen molar-refractivity contribution in [3.63, 3.8) is 0 Å². The van der Waals surface area contributed by atoms with Crippen LogP contribution in [0.15, 0.2) is 36.5 Å². The van der Waals surface area contributed by atoms with Crippen molar-refractivity contribution in [2.75, 3.05) is 0 Å². The Hall–Kier alpha value is -1.11. The fraction of sp³-hybridized carbons (Fsp3) is 0.533. The van der Waals surface area contributed by atoms with Crippen molar-refractivity contribution in [3.05, 3.63) is 36.5 Å². The van der Waals surface area contributed by atoms with Gasteiger partial charge >= 0.3 is 0 Å². The van der Waals surface area contributed by atoms with E-state index in [1.54, 1.807) is 6.08 Å². The third-order valence-corrected chi connectivity index (χ3v) is 1.73. The minimum absolute atomic E-state index is 0.458. The lowest BCUT2D eigenvalue weighted by Gasteiger charge is -2.21. The molecule has 0 saturated heterocycles. The van der Waals surface area contributed by atoms with E-state index in [4.69, 9.17) is 0 Å². The topological polar surface area (TPSA) is 17.1 Å². The van der Waals surface area contributed by atoms with Gasteiger partial charge in [0.2, 0.25) is 0 Å². The van der Waals surface area contributed by atoms with Crippen molar-refractivity contribution in [2.24, 2.45) is 5.41 Å². The molecule has 1 nitrogen and oxygen atoms in total. The van der Waals surface area contributed by atoms with E-state index in [-0.39, 0.29) is 0 Å². The molecule has 0 aromatic rings. The number of hydrogen-bond donors (Lipinski definition) is 0. The first-order valence-electron chi connectivity index (χ1n) is 5.91. The standard InChI is InChI=1S/C11H16O.2C2H6/c1-6-7-10(9(2)3)11(4,5)8-12;2*1-2/h6-8H,1-2H2,3-5H3;2*1-2H3/b10-7+;;. The highest BCUT2D eigenvalue weighted by Gasteiger charge is 2.21. The van der Waals surface area contributed by atoms with Crippen LogP contribution in [0.25, 0.3) is 0 Å².